The normalized spacial score (nSPS) is 20.7. The third-order valence-corrected chi connectivity index (χ3v) is 4.02. The number of nitrogens with one attached hydrogen (secondary N) is 1. The first-order valence-electron chi connectivity index (χ1n) is 7.34. The van der Waals surface area contributed by atoms with Gasteiger partial charge in [-0.25, -0.2) is 0 Å². The van der Waals surface area contributed by atoms with E-state index in [1.54, 1.807) is 0 Å². The van der Waals surface area contributed by atoms with Crippen LogP contribution in [0.1, 0.15) is 18.4 Å². The lowest BCUT2D eigenvalue weighted by molar-refractivity contribution is 0.137. The fourth-order valence-electron chi connectivity index (χ4n) is 2.69. The standard InChI is InChI=1S/C16H27N3/c1-14-6-8-15(9-7-14)17-10-12-19-11-4-5-16(13-19)18(2)3/h6-9,16-17H,4-5,10-13H2,1-3H3. The average Bonchev–Trinajstić information content (AvgIpc) is 2.41. The molecule has 0 spiro atoms. The molecule has 0 aliphatic carbocycles. The number of nitrogens with zero attached hydrogens (tertiary/aromatic N) is 2. The largest absolute Gasteiger partial charge is 0.384 e. The van der Waals surface area contributed by atoms with Gasteiger partial charge in [0, 0.05) is 31.4 Å². The van der Waals surface area contributed by atoms with E-state index >= 15 is 0 Å². The molecule has 1 aromatic rings. The number of hydrogen-bond acceptors (Lipinski definition) is 3. The molecule has 0 aromatic heterocycles. The number of likely N-dealkylation sites (N-methyl/N-ethyl adjacent to an activating group) is 1. The number of benzene rings is 1. The number of hydrogen-bond donors (Lipinski definition) is 1. The second-order valence-corrected chi connectivity index (χ2v) is 5.85. The quantitative estimate of drug-likeness (QED) is 0.878. The second kappa shape index (κ2) is 6.92. The first-order valence-corrected chi connectivity index (χ1v) is 7.34. The van der Waals surface area contributed by atoms with Crippen molar-refractivity contribution in [2.45, 2.75) is 25.8 Å². The average molecular weight is 261 g/mol. The van der Waals surface area contributed by atoms with Crippen LogP contribution in [0.25, 0.3) is 0 Å². The summed E-state index contributed by atoms with van der Waals surface area (Å²) in [5.74, 6) is 0. The van der Waals surface area contributed by atoms with Crippen LogP contribution in [0.2, 0.25) is 0 Å². The van der Waals surface area contributed by atoms with E-state index in [1.807, 2.05) is 0 Å². The highest BCUT2D eigenvalue weighted by molar-refractivity contribution is 5.44. The fraction of sp³-hybridized carbons (Fsp3) is 0.625. The lowest BCUT2D eigenvalue weighted by atomic mass is 10.1. The van der Waals surface area contributed by atoms with E-state index in [1.165, 1.54) is 37.2 Å². The summed E-state index contributed by atoms with van der Waals surface area (Å²) in [5, 5.41) is 3.51. The lowest BCUT2D eigenvalue weighted by Crippen LogP contribution is -2.46. The second-order valence-electron chi connectivity index (χ2n) is 5.85. The third-order valence-electron chi connectivity index (χ3n) is 4.02. The van der Waals surface area contributed by atoms with Gasteiger partial charge in [-0.3, -0.25) is 0 Å². The van der Waals surface area contributed by atoms with Gasteiger partial charge in [0.25, 0.3) is 0 Å². The van der Waals surface area contributed by atoms with Crippen molar-refractivity contribution in [3.8, 4) is 0 Å². The molecule has 19 heavy (non-hydrogen) atoms. The maximum Gasteiger partial charge on any atom is 0.0340 e. The summed E-state index contributed by atoms with van der Waals surface area (Å²) in [5.41, 5.74) is 2.54. The molecule has 1 aliphatic rings. The first kappa shape index (κ1) is 14.4. The van der Waals surface area contributed by atoms with E-state index < -0.39 is 0 Å². The molecule has 3 nitrogen and oxygen atoms in total. The molecule has 1 fully saturated rings. The summed E-state index contributed by atoms with van der Waals surface area (Å²) >= 11 is 0. The zero-order valence-electron chi connectivity index (χ0n) is 12.5. The number of likely N-dealkylation sites (tertiary alicyclic amines) is 1. The van der Waals surface area contributed by atoms with Gasteiger partial charge in [-0.1, -0.05) is 17.7 Å². The van der Waals surface area contributed by atoms with Crippen LogP contribution < -0.4 is 5.32 Å². The Labute approximate surface area is 117 Å². The summed E-state index contributed by atoms with van der Waals surface area (Å²) in [7, 11) is 4.39. The molecule has 1 saturated heterocycles. The molecule has 0 amide bonds. The van der Waals surface area contributed by atoms with Gasteiger partial charge in [0.15, 0.2) is 0 Å². The summed E-state index contributed by atoms with van der Waals surface area (Å²) in [4.78, 5) is 4.94. The molecule has 0 radical (unpaired) electrons. The number of aryl methyl sites for hydroxylation is 1. The van der Waals surface area contributed by atoms with Crippen LogP contribution in [0.15, 0.2) is 24.3 Å². The van der Waals surface area contributed by atoms with Crippen molar-refractivity contribution in [1.29, 1.82) is 0 Å². The highest BCUT2D eigenvalue weighted by Crippen LogP contribution is 2.13. The number of piperidine rings is 1. The Bertz CT molecular complexity index is 372. The minimum atomic E-state index is 0.730. The van der Waals surface area contributed by atoms with Crippen molar-refractivity contribution >= 4 is 5.69 Å². The van der Waals surface area contributed by atoms with Crippen molar-refractivity contribution in [1.82, 2.24) is 9.80 Å². The lowest BCUT2D eigenvalue weighted by Gasteiger charge is -2.36. The SMILES string of the molecule is Cc1ccc(NCCN2CCCC(N(C)C)C2)cc1. The van der Waals surface area contributed by atoms with E-state index in [0.29, 0.717) is 0 Å². The van der Waals surface area contributed by atoms with E-state index in [-0.39, 0.29) is 0 Å². The highest BCUT2D eigenvalue weighted by Gasteiger charge is 2.20. The Balaban J connectivity index is 1.72. The fourth-order valence-corrected chi connectivity index (χ4v) is 2.69. The maximum atomic E-state index is 3.51. The van der Waals surface area contributed by atoms with Gasteiger partial charge in [0.1, 0.15) is 0 Å². The van der Waals surface area contributed by atoms with Crippen molar-refractivity contribution in [3.05, 3.63) is 29.8 Å². The molecule has 106 valence electrons. The zero-order valence-corrected chi connectivity index (χ0v) is 12.5. The van der Waals surface area contributed by atoms with Gasteiger partial charge >= 0.3 is 0 Å². The third kappa shape index (κ3) is 4.51. The summed E-state index contributed by atoms with van der Waals surface area (Å²) in [6.07, 6.45) is 2.67. The number of anilines is 1. The van der Waals surface area contributed by atoms with Crippen LogP contribution in [0.5, 0.6) is 0 Å². The van der Waals surface area contributed by atoms with Crippen LogP contribution in [0, 0.1) is 6.92 Å². The van der Waals surface area contributed by atoms with Gasteiger partial charge in [-0.15, -0.1) is 0 Å². The molecule has 0 saturated carbocycles. The topological polar surface area (TPSA) is 18.5 Å². The van der Waals surface area contributed by atoms with Gasteiger partial charge in [0.2, 0.25) is 0 Å². The molecule has 2 rings (SSSR count). The predicted octanol–water partition coefficient (Wildman–Crippen LogP) is 2.43. The Morgan fingerprint density at radius 1 is 1.26 bits per heavy atom. The molecule has 1 unspecified atom stereocenters. The monoisotopic (exact) mass is 261 g/mol. The molecule has 1 N–H and O–H groups in total. The Kier molecular flexibility index (Phi) is 5.23. The van der Waals surface area contributed by atoms with Gasteiger partial charge in [-0.2, -0.15) is 0 Å². The molecule has 0 bridgehead atoms. The summed E-state index contributed by atoms with van der Waals surface area (Å²) in [6, 6.07) is 9.37. The molecule has 3 heteroatoms. The van der Waals surface area contributed by atoms with Gasteiger partial charge in [-0.05, 0) is 52.5 Å². The van der Waals surface area contributed by atoms with Crippen LogP contribution in [-0.4, -0.2) is 56.1 Å². The van der Waals surface area contributed by atoms with Crippen LogP contribution >= 0.6 is 0 Å². The summed E-state index contributed by atoms with van der Waals surface area (Å²) in [6.45, 7) is 6.75. The maximum absolute atomic E-state index is 3.51. The van der Waals surface area contributed by atoms with E-state index in [0.717, 1.165) is 19.1 Å². The minimum absolute atomic E-state index is 0.730. The molecule has 1 aromatic carbocycles. The first-order chi connectivity index (χ1) is 9.15. The Morgan fingerprint density at radius 2 is 2.00 bits per heavy atom. The van der Waals surface area contributed by atoms with Gasteiger partial charge < -0.3 is 15.1 Å². The van der Waals surface area contributed by atoms with Crippen LogP contribution in [0.3, 0.4) is 0 Å². The molecule has 1 heterocycles. The Morgan fingerprint density at radius 3 is 2.68 bits per heavy atom. The van der Waals surface area contributed by atoms with Crippen LogP contribution in [-0.2, 0) is 0 Å². The summed E-state index contributed by atoms with van der Waals surface area (Å²) < 4.78 is 0. The van der Waals surface area contributed by atoms with Crippen molar-refractivity contribution < 1.29 is 0 Å². The van der Waals surface area contributed by atoms with Gasteiger partial charge in [0.05, 0.1) is 0 Å². The van der Waals surface area contributed by atoms with E-state index in [4.69, 9.17) is 0 Å². The van der Waals surface area contributed by atoms with Crippen molar-refractivity contribution in [2.24, 2.45) is 0 Å². The minimum Gasteiger partial charge on any atom is -0.384 e. The van der Waals surface area contributed by atoms with Crippen molar-refractivity contribution in [2.75, 3.05) is 45.6 Å². The highest BCUT2D eigenvalue weighted by atomic mass is 15.2. The number of rotatable bonds is 5. The zero-order chi connectivity index (χ0) is 13.7. The smallest absolute Gasteiger partial charge is 0.0340 e. The molecular formula is C16H27N3. The van der Waals surface area contributed by atoms with E-state index in [2.05, 4.69) is 60.4 Å². The van der Waals surface area contributed by atoms with Crippen LogP contribution in [0.4, 0.5) is 5.69 Å². The van der Waals surface area contributed by atoms with E-state index in [9.17, 15) is 0 Å². The predicted molar refractivity (Wildman–Crippen MR) is 82.8 cm³/mol. The Hall–Kier alpha value is -1.06. The molecule has 1 aliphatic heterocycles. The molecule has 1 atom stereocenters. The van der Waals surface area contributed by atoms with Crippen molar-refractivity contribution in [3.63, 3.8) is 0 Å². The molecular weight excluding hydrogens is 234 g/mol.